The molecule has 3 aromatic rings. The Morgan fingerprint density at radius 2 is 1.82 bits per heavy atom. The third-order valence-corrected chi connectivity index (χ3v) is 4.12. The molecule has 0 bridgehead atoms. The first-order chi connectivity index (χ1) is 13.6. The van der Waals surface area contributed by atoms with Gasteiger partial charge >= 0.3 is 0 Å². The topological polar surface area (TPSA) is 100 Å². The average Bonchev–Trinajstić information content (AvgIpc) is 3.16. The van der Waals surface area contributed by atoms with E-state index in [-0.39, 0.29) is 12.5 Å². The Kier molecular flexibility index (Phi) is 5.73. The molecule has 9 heteroatoms. The third kappa shape index (κ3) is 3.73. The molecule has 0 aliphatic rings. The van der Waals surface area contributed by atoms with E-state index in [1.54, 1.807) is 35.4 Å². The Labute approximate surface area is 162 Å². The van der Waals surface area contributed by atoms with Crippen LogP contribution in [-0.4, -0.2) is 47.0 Å². The SMILES string of the molecule is COc1ccc(C(=O)NCc2nccnc2-c2cnn(C)c2)c(OC)c1OC. The van der Waals surface area contributed by atoms with Crippen LogP contribution >= 0.6 is 0 Å². The monoisotopic (exact) mass is 383 g/mol. The number of carbonyl (C=O) groups is 1. The molecule has 1 amide bonds. The molecule has 9 nitrogen and oxygen atoms in total. The Balaban J connectivity index is 1.84. The van der Waals surface area contributed by atoms with Crippen LogP contribution in [0.5, 0.6) is 17.2 Å². The van der Waals surface area contributed by atoms with Crippen LogP contribution in [0.2, 0.25) is 0 Å². The fourth-order valence-corrected chi connectivity index (χ4v) is 2.82. The maximum Gasteiger partial charge on any atom is 0.255 e. The lowest BCUT2D eigenvalue weighted by molar-refractivity contribution is 0.0946. The largest absolute Gasteiger partial charge is 0.493 e. The van der Waals surface area contributed by atoms with Gasteiger partial charge in [0, 0.05) is 31.2 Å². The number of hydrogen-bond donors (Lipinski definition) is 1. The molecule has 1 N–H and O–H groups in total. The van der Waals surface area contributed by atoms with Crippen molar-refractivity contribution in [2.75, 3.05) is 21.3 Å². The van der Waals surface area contributed by atoms with E-state index >= 15 is 0 Å². The molecular weight excluding hydrogens is 362 g/mol. The Bertz CT molecular complexity index is 986. The molecule has 2 aromatic heterocycles. The van der Waals surface area contributed by atoms with Gasteiger partial charge in [0.25, 0.3) is 5.91 Å². The normalized spacial score (nSPS) is 10.4. The van der Waals surface area contributed by atoms with E-state index in [4.69, 9.17) is 14.2 Å². The Hall–Kier alpha value is -3.62. The minimum atomic E-state index is -0.333. The predicted molar refractivity (Wildman–Crippen MR) is 102 cm³/mol. The molecule has 0 saturated heterocycles. The van der Waals surface area contributed by atoms with E-state index in [1.807, 2.05) is 13.2 Å². The molecule has 2 heterocycles. The summed E-state index contributed by atoms with van der Waals surface area (Å²) in [7, 11) is 6.30. The summed E-state index contributed by atoms with van der Waals surface area (Å²) in [6.07, 6.45) is 6.72. The number of hydrogen-bond acceptors (Lipinski definition) is 7. The van der Waals surface area contributed by atoms with Crippen LogP contribution in [0.25, 0.3) is 11.3 Å². The first-order valence-electron chi connectivity index (χ1n) is 8.45. The van der Waals surface area contributed by atoms with Crippen molar-refractivity contribution < 1.29 is 19.0 Å². The number of aromatic nitrogens is 4. The Morgan fingerprint density at radius 3 is 2.46 bits per heavy atom. The molecule has 3 rings (SSSR count). The van der Waals surface area contributed by atoms with Crippen molar-refractivity contribution in [3.8, 4) is 28.5 Å². The van der Waals surface area contributed by atoms with Gasteiger partial charge in [-0.1, -0.05) is 0 Å². The van der Waals surface area contributed by atoms with Crippen molar-refractivity contribution in [2.45, 2.75) is 6.54 Å². The van der Waals surface area contributed by atoms with Crippen LogP contribution in [0, 0.1) is 0 Å². The standard InChI is InChI=1S/C19H21N5O4/c1-24-11-12(9-23-24)16-14(20-7-8-21-16)10-22-19(25)13-5-6-15(26-2)18(28-4)17(13)27-3/h5-9,11H,10H2,1-4H3,(H,22,25). The molecule has 0 aliphatic carbocycles. The summed E-state index contributed by atoms with van der Waals surface area (Å²) in [6, 6.07) is 3.27. The van der Waals surface area contributed by atoms with E-state index < -0.39 is 0 Å². The lowest BCUT2D eigenvalue weighted by Gasteiger charge is -2.15. The van der Waals surface area contributed by atoms with Crippen molar-refractivity contribution in [3.63, 3.8) is 0 Å². The molecule has 0 saturated carbocycles. The quantitative estimate of drug-likeness (QED) is 0.664. The van der Waals surface area contributed by atoms with Gasteiger partial charge in [0.15, 0.2) is 11.5 Å². The molecule has 28 heavy (non-hydrogen) atoms. The second kappa shape index (κ2) is 8.38. The average molecular weight is 383 g/mol. The third-order valence-electron chi connectivity index (χ3n) is 4.12. The second-order valence-electron chi connectivity index (χ2n) is 5.82. The van der Waals surface area contributed by atoms with Gasteiger partial charge in [-0.05, 0) is 12.1 Å². The van der Waals surface area contributed by atoms with Gasteiger partial charge in [-0.3, -0.25) is 19.4 Å². The smallest absolute Gasteiger partial charge is 0.255 e. The maximum absolute atomic E-state index is 12.8. The lowest BCUT2D eigenvalue weighted by atomic mass is 10.1. The van der Waals surface area contributed by atoms with E-state index in [9.17, 15) is 4.79 Å². The molecule has 0 fully saturated rings. The minimum absolute atomic E-state index is 0.189. The van der Waals surface area contributed by atoms with E-state index in [0.717, 1.165) is 5.56 Å². The highest BCUT2D eigenvalue weighted by Gasteiger charge is 2.21. The first kappa shape index (κ1) is 19.2. The van der Waals surface area contributed by atoms with Crippen LogP contribution in [0.4, 0.5) is 0 Å². The molecule has 0 unspecified atom stereocenters. The molecule has 0 aliphatic heterocycles. The van der Waals surface area contributed by atoms with Crippen LogP contribution < -0.4 is 19.5 Å². The van der Waals surface area contributed by atoms with Gasteiger partial charge in [-0.2, -0.15) is 5.10 Å². The highest BCUT2D eigenvalue weighted by atomic mass is 16.5. The number of nitrogens with one attached hydrogen (secondary N) is 1. The number of carbonyl (C=O) groups excluding carboxylic acids is 1. The molecule has 0 spiro atoms. The highest BCUT2D eigenvalue weighted by Crippen LogP contribution is 2.39. The fraction of sp³-hybridized carbons (Fsp3) is 0.263. The van der Waals surface area contributed by atoms with Gasteiger partial charge < -0.3 is 19.5 Å². The van der Waals surface area contributed by atoms with Gasteiger partial charge in [-0.15, -0.1) is 0 Å². The number of ether oxygens (including phenoxy) is 3. The van der Waals surface area contributed by atoms with Crippen molar-refractivity contribution in [3.05, 3.63) is 48.2 Å². The number of aryl methyl sites for hydroxylation is 1. The zero-order valence-corrected chi connectivity index (χ0v) is 16.1. The van der Waals surface area contributed by atoms with Crippen molar-refractivity contribution in [1.82, 2.24) is 25.1 Å². The van der Waals surface area contributed by atoms with E-state index in [0.29, 0.717) is 34.2 Å². The van der Waals surface area contributed by atoms with Crippen LogP contribution in [-0.2, 0) is 13.6 Å². The number of benzene rings is 1. The molecular formula is C19H21N5O4. The van der Waals surface area contributed by atoms with E-state index in [1.165, 1.54) is 21.3 Å². The van der Waals surface area contributed by atoms with Crippen molar-refractivity contribution in [2.24, 2.45) is 7.05 Å². The fourth-order valence-electron chi connectivity index (χ4n) is 2.82. The number of rotatable bonds is 7. The summed E-state index contributed by atoms with van der Waals surface area (Å²) in [4.78, 5) is 21.5. The maximum atomic E-state index is 12.8. The molecule has 0 radical (unpaired) electrons. The number of amides is 1. The molecule has 0 atom stereocenters. The zero-order chi connectivity index (χ0) is 20.1. The highest BCUT2D eigenvalue weighted by molar-refractivity contribution is 5.98. The summed E-state index contributed by atoms with van der Waals surface area (Å²) in [5.41, 5.74) is 2.44. The molecule has 1 aromatic carbocycles. The van der Waals surface area contributed by atoms with Gasteiger partial charge in [0.1, 0.15) is 0 Å². The summed E-state index contributed by atoms with van der Waals surface area (Å²) < 4.78 is 17.6. The van der Waals surface area contributed by atoms with Crippen LogP contribution in [0.3, 0.4) is 0 Å². The van der Waals surface area contributed by atoms with Gasteiger partial charge in [0.05, 0.1) is 51.0 Å². The van der Waals surface area contributed by atoms with Crippen LogP contribution in [0.15, 0.2) is 36.9 Å². The van der Waals surface area contributed by atoms with Crippen LogP contribution in [0.1, 0.15) is 16.1 Å². The number of methoxy groups -OCH3 is 3. The first-order valence-corrected chi connectivity index (χ1v) is 8.45. The van der Waals surface area contributed by atoms with Gasteiger partial charge in [-0.25, -0.2) is 0 Å². The summed E-state index contributed by atoms with van der Waals surface area (Å²) in [5, 5.41) is 7.00. The Morgan fingerprint density at radius 1 is 1.07 bits per heavy atom. The summed E-state index contributed by atoms with van der Waals surface area (Å²) in [6.45, 7) is 0.189. The molecule has 146 valence electrons. The zero-order valence-electron chi connectivity index (χ0n) is 16.1. The lowest BCUT2D eigenvalue weighted by Crippen LogP contribution is -2.24. The van der Waals surface area contributed by atoms with E-state index in [2.05, 4.69) is 20.4 Å². The summed E-state index contributed by atoms with van der Waals surface area (Å²) in [5.74, 6) is 0.795. The summed E-state index contributed by atoms with van der Waals surface area (Å²) >= 11 is 0. The minimum Gasteiger partial charge on any atom is -0.493 e. The predicted octanol–water partition coefficient (Wildman–Crippen LogP) is 1.83. The second-order valence-corrected chi connectivity index (χ2v) is 5.82. The van der Waals surface area contributed by atoms with Gasteiger partial charge in [0.2, 0.25) is 5.75 Å². The van der Waals surface area contributed by atoms with Crippen molar-refractivity contribution >= 4 is 5.91 Å². The van der Waals surface area contributed by atoms with Crippen molar-refractivity contribution in [1.29, 1.82) is 0 Å². The number of nitrogens with zero attached hydrogens (tertiary/aromatic N) is 4.